The number of benzene rings is 1. The maximum absolute atomic E-state index is 11.7. The fourth-order valence-corrected chi connectivity index (χ4v) is 2.34. The van der Waals surface area contributed by atoms with E-state index in [0.29, 0.717) is 6.04 Å². The fourth-order valence-electron chi connectivity index (χ4n) is 2.34. The Kier molecular flexibility index (Phi) is 4.92. The number of nitrogens with one attached hydrogen (secondary N) is 3. The number of carbonyl (C=O) groups is 2. The highest BCUT2D eigenvalue weighted by molar-refractivity contribution is 5.96. The third-order valence-electron chi connectivity index (χ3n) is 3.65. The van der Waals surface area contributed by atoms with Crippen LogP contribution in [0.4, 0.5) is 10.5 Å². The zero-order valence-corrected chi connectivity index (χ0v) is 14.2. The molecule has 132 valence electrons. The van der Waals surface area contributed by atoms with Crippen LogP contribution in [0.3, 0.4) is 0 Å². The van der Waals surface area contributed by atoms with E-state index in [9.17, 15) is 9.59 Å². The monoisotopic (exact) mass is 343 g/mol. The predicted molar refractivity (Wildman–Crippen MR) is 91.8 cm³/mol. The Morgan fingerprint density at radius 3 is 2.60 bits per heavy atom. The van der Waals surface area contributed by atoms with Crippen molar-refractivity contribution >= 4 is 17.6 Å². The second-order valence-electron chi connectivity index (χ2n) is 6.29. The van der Waals surface area contributed by atoms with Crippen LogP contribution in [0.5, 0.6) is 0 Å². The molecule has 3 rings (SSSR count). The van der Waals surface area contributed by atoms with E-state index in [-0.39, 0.29) is 12.6 Å². The van der Waals surface area contributed by atoms with Crippen LogP contribution in [0.1, 0.15) is 32.7 Å². The van der Waals surface area contributed by atoms with Gasteiger partial charge in [-0.1, -0.05) is 0 Å². The lowest BCUT2D eigenvalue weighted by molar-refractivity contribution is -0.118. The van der Waals surface area contributed by atoms with E-state index in [1.165, 1.54) is 0 Å². The summed E-state index contributed by atoms with van der Waals surface area (Å²) >= 11 is 0. The van der Waals surface area contributed by atoms with Gasteiger partial charge in [0.1, 0.15) is 0 Å². The molecular weight excluding hydrogens is 322 g/mol. The number of rotatable bonds is 6. The SMILES string of the molecule is CC(C)NC(=O)NC(=O)CNc1ccc(-c2nnnn2C2CC2)cc1. The number of tetrazole rings is 1. The summed E-state index contributed by atoms with van der Waals surface area (Å²) in [7, 11) is 0. The number of hydrogen-bond donors (Lipinski definition) is 3. The number of nitrogens with zero attached hydrogens (tertiary/aromatic N) is 4. The van der Waals surface area contributed by atoms with Gasteiger partial charge in [0.05, 0.1) is 12.6 Å². The molecule has 0 bridgehead atoms. The minimum atomic E-state index is -0.496. The smallest absolute Gasteiger partial charge is 0.321 e. The van der Waals surface area contributed by atoms with Crippen LogP contribution in [-0.2, 0) is 4.79 Å². The Morgan fingerprint density at radius 1 is 1.24 bits per heavy atom. The number of amides is 3. The number of aromatic nitrogens is 4. The quantitative estimate of drug-likeness (QED) is 0.729. The van der Waals surface area contributed by atoms with Crippen LogP contribution in [0.25, 0.3) is 11.4 Å². The molecule has 1 fully saturated rings. The molecule has 0 atom stereocenters. The molecule has 0 radical (unpaired) electrons. The molecule has 3 amide bonds. The van der Waals surface area contributed by atoms with Gasteiger partial charge in [0.2, 0.25) is 5.91 Å². The lowest BCUT2D eigenvalue weighted by Gasteiger charge is -2.10. The van der Waals surface area contributed by atoms with E-state index in [2.05, 4.69) is 31.5 Å². The second-order valence-corrected chi connectivity index (χ2v) is 6.29. The Hall–Kier alpha value is -2.97. The first-order valence-electron chi connectivity index (χ1n) is 8.25. The topological polar surface area (TPSA) is 114 Å². The molecule has 0 aliphatic heterocycles. The highest BCUT2D eigenvalue weighted by Gasteiger charge is 2.28. The van der Waals surface area contributed by atoms with Gasteiger partial charge in [-0.15, -0.1) is 5.10 Å². The fraction of sp³-hybridized carbons (Fsp3) is 0.438. The number of imide groups is 1. The molecule has 1 heterocycles. The molecule has 25 heavy (non-hydrogen) atoms. The van der Waals surface area contributed by atoms with E-state index in [0.717, 1.165) is 29.9 Å². The molecule has 1 aliphatic carbocycles. The highest BCUT2D eigenvalue weighted by atomic mass is 16.2. The summed E-state index contributed by atoms with van der Waals surface area (Å²) in [5, 5.41) is 19.7. The molecule has 2 aromatic rings. The van der Waals surface area contributed by atoms with Crippen LogP contribution < -0.4 is 16.0 Å². The molecular formula is C16H21N7O2. The van der Waals surface area contributed by atoms with Gasteiger partial charge in [-0.2, -0.15) is 0 Å². The molecule has 1 saturated carbocycles. The van der Waals surface area contributed by atoms with Gasteiger partial charge >= 0.3 is 6.03 Å². The maximum Gasteiger partial charge on any atom is 0.321 e. The first kappa shape index (κ1) is 16.9. The summed E-state index contributed by atoms with van der Waals surface area (Å²) in [5.41, 5.74) is 1.69. The summed E-state index contributed by atoms with van der Waals surface area (Å²) in [4.78, 5) is 23.2. The van der Waals surface area contributed by atoms with Gasteiger partial charge in [-0.25, -0.2) is 9.48 Å². The number of urea groups is 1. The van der Waals surface area contributed by atoms with E-state index < -0.39 is 11.9 Å². The van der Waals surface area contributed by atoms with Gasteiger partial charge in [0.15, 0.2) is 5.82 Å². The summed E-state index contributed by atoms with van der Waals surface area (Å²) in [6.07, 6.45) is 2.22. The normalized spacial score (nSPS) is 13.6. The van der Waals surface area contributed by atoms with Gasteiger partial charge in [-0.3, -0.25) is 10.1 Å². The largest absolute Gasteiger partial charge is 0.376 e. The van der Waals surface area contributed by atoms with Crippen LogP contribution in [-0.4, -0.2) is 44.7 Å². The third-order valence-corrected chi connectivity index (χ3v) is 3.65. The zero-order valence-electron chi connectivity index (χ0n) is 14.2. The van der Waals surface area contributed by atoms with E-state index in [1.807, 2.05) is 42.8 Å². The molecule has 0 unspecified atom stereocenters. The first-order chi connectivity index (χ1) is 12.0. The summed E-state index contributed by atoms with van der Waals surface area (Å²) < 4.78 is 1.85. The van der Waals surface area contributed by atoms with Crippen molar-refractivity contribution < 1.29 is 9.59 Å². The van der Waals surface area contributed by atoms with Crippen molar-refractivity contribution in [1.29, 1.82) is 0 Å². The van der Waals surface area contributed by atoms with Crippen molar-refractivity contribution in [2.24, 2.45) is 0 Å². The molecule has 0 saturated heterocycles. The standard InChI is InChI=1S/C16H21N7O2/c1-10(2)18-16(25)19-14(24)9-17-12-5-3-11(4-6-12)15-20-21-22-23(15)13-7-8-13/h3-6,10,13,17H,7-9H2,1-2H3,(H2,18,19,24,25). The predicted octanol–water partition coefficient (Wildman–Crippen LogP) is 1.32. The zero-order chi connectivity index (χ0) is 17.8. The van der Waals surface area contributed by atoms with Gasteiger partial charge in [0, 0.05) is 17.3 Å². The molecule has 1 aliphatic rings. The van der Waals surface area contributed by atoms with Crippen molar-refractivity contribution in [2.75, 3.05) is 11.9 Å². The molecule has 1 aromatic heterocycles. The average molecular weight is 343 g/mol. The van der Waals surface area contributed by atoms with E-state index in [4.69, 9.17) is 0 Å². The Morgan fingerprint density at radius 2 is 1.96 bits per heavy atom. The first-order valence-corrected chi connectivity index (χ1v) is 8.25. The maximum atomic E-state index is 11.7. The number of carbonyl (C=O) groups excluding carboxylic acids is 2. The summed E-state index contributed by atoms with van der Waals surface area (Å²) in [5.74, 6) is 0.344. The molecule has 0 spiro atoms. The molecule has 9 heteroatoms. The molecule has 3 N–H and O–H groups in total. The van der Waals surface area contributed by atoms with Crippen LogP contribution in [0.15, 0.2) is 24.3 Å². The van der Waals surface area contributed by atoms with Crippen molar-refractivity contribution in [3.63, 3.8) is 0 Å². The van der Waals surface area contributed by atoms with E-state index in [1.54, 1.807) is 0 Å². The molecule has 9 nitrogen and oxygen atoms in total. The lowest BCUT2D eigenvalue weighted by atomic mass is 10.2. The molecule has 1 aromatic carbocycles. The second kappa shape index (κ2) is 7.29. The third kappa shape index (κ3) is 4.52. The Labute approximate surface area is 145 Å². The minimum Gasteiger partial charge on any atom is -0.376 e. The van der Waals surface area contributed by atoms with Crippen LogP contribution >= 0.6 is 0 Å². The summed E-state index contributed by atoms with van der Waals surface area (Å²) in [6, 6.07) is 7.38. The van der Waals surface area contributed by atoms with Gasteiger partial charge < -0.3 is 10.6 Å². The number of hydrogen-bond acceptors (Lipinski definition) is 6. The summed E-state index contributed by atoms with van der Waals surface area (Å²) in [6.45, 7) is 3.65. The highest BCUT2D eigenvalue weighted by Crippen LogP contribution is 2.36. The van der Waals surface area contributed by atoms with Crippen molar-refractivity contribution in [3.8, 4) is 11.4 Å². The Balaban J connectivity index is 1.53. The van der Waals surface area contributed by atoms with Gasteiger partial charge in [-0.05, 0) is 61.4 Å². The van der Waals surface area contributed by atoms with E-state index >= 15 is 0 Å². The average Bonchev–Trinajstić information content (AvgIpc) is 3.29. The minimum absolute atomic E-state index is 0.00464. The van der Waals surface area contributed by atoms with Gasteiger partial charge in [0.25, 0.3) is 0 Å². The lowest BCUT2D eigenvalue weighted by Crippen LogP contribution is -2.44. The van der Waals surface area contributed by atoms with Crippen molar-refractivity contribution in [3.05, 3.63) is 24.3 Å². The van der Waals surface area contributed by atoms with Crippen LogP contribution in [0.2, 0.25) is 0 Å². The van der Waals surface area contributed by atoms with Crippen molar-refractivity contribution in [1.82, 2.24) is 30.8 Å². The Bertz CT molecular complexity index is 750. The van der Waals surface area contributed by atoms with Crippen LogP contribution in [0, 0.1) is 0 Å². The van der Waals surface area contributed by atoms with Crippen molar-refractivity contribution in [2.45, 2.75) is 38.8 Å². The number of anilines is 1.